The highest BCUT2D eigenvalue weighted by Crippen LogP contribution is 2.27. The van der Waals surface area contributed by atoms with Crippen LogP contribution in [0.5, 0.6) is 5.75 Å². The highest BCUT2D eigenvalue weighted by Gasteiger charge is 2.37. The van der Waals surface area contributed by atoms with E-state index >= 15 is 0 Å². The third-order valence-corrected chi connectivity index (χ3v) is 4.63. The van der Waals surface area contributed by atoms with Crippen molar-refractivity contribution in [3.8, 4) is 5.75 Å². The van der Waals surface area contributed by atoms with Gasteiger partial charge < -0.3 is 15.1 Å². The van der Waals surface area contributed by atoms with Gasteiger partial charge in [0.1, 0.15) is 11.8 Å². The maximum Gasteiger partial charge on any atom is 0.326 e. The summed E-state index contributed by atoms with van der Waals surface area (Å²) in [6.45, 7) is 0.374. The van der Waals surface area contributed by atoms with E-state index in [-0.39, 0.29) is 24.0 Å². The molecule has 114 valence electrons. The van der Waals surface area contributed by atoms with E-state index in [1.165, 1.54) is 11.0 Å². The molecule has 21 heavy (non-hydrogen) atoms. The number of carboxylic acid groups (broad SMARTS) is 1. The fourth-order valence-corrected chi connectivity index (χ4v) is 3.08. The van der Waals surface area contributed by atoms with Gasteiger partial charge >= 0.3 is 5.97 Å². The Kier molecular flexibility index (Phi) is 5.11. The number of aromatic hydroxyl groups is 1. The molecule has 0 aliphatic carbocycles. The SMILES string of the molecule is O=C(O)[C@H](Cc1ccc(O)c(Br)c1)N1CC(CCl)CC1=O. The lowest BCUT2D eigenvalue weighted by molar-refractivity contribution is -0.148. The number of benzene rings is 1. The summed E-state index contributed by atoms with van der Waals surface area (Å²) in [5.74, 6) is -0.773. The summed E-state index contributed by atoms with van der Waals surface area (Å²) < 4.78 is 0.496. The van der Waals surface area contributed by atoms with Gasteiger partial charge in [0.2, 0.25) is 5.91 Å². The van der Waals surface area contributed by atoms with Crippen molar-refractivity contribution in [2.24, 2.45) is 5.92 Å². The lowest BCUT2D eigenvalue weighted by Crippen LogP contribution is -2.43. The number of amides is 1. The molecule has 0 radical (unpaired) electrons. The van der Waals surface area contributed by atoms with Gasteiger partial charge in [-0.1, -0.05) is 6.07 Å². The average molecular weight is 377 g/mol. The monoisotopic (exact) mass is 375 g/mol. The van der Waals surface area contributed by atoms with Crippen LogP contribution in [-0.4, -0.2) is 45.5 Å². The van der Waals surface area contributed by atoms with Gasteiger partial charge in [-0.15, -0.1) is 11.6 Å². The number of rotatable bonds is 5. The molecule has 2 rings (SSSR count). The number of carbonyl (C=O) groups is 2. The Hall–Kier alpha value is -1.27. The van der Waals surface area contributed by atoms with Crippen molar-refractivity contribution in [1.29, 1.82) is 0 Å². The quantitative estimate of drug-likeness (QED) is 0.773. The highest BCUT2D eigenvalue weighted by molar-refractivity contribution is 9.10. The number of carbonyl (C=O) groups excluding carboxylic acids is 1. The fourth-order valence-electron chi connectivity index (χ4n) is 2.44. The minimum Gasteiger partial charge on any atom is -0.507 e. The predicted molar refractivity (Wildman–Crippen MR) is 81.5 cm³/mol. The molecule has 1 aromatic rings. The van der Waals surface area contributed by atoms with E-state index in [9.17, 15) is 19.8 Å². The van der Waals surface area contributed by atoms with Gasteiger partial charge in [0, 0.05) is 25.3 Å². The molecule has 1 heterocycles. The van der Waals surface area contributed by atoms with Crippen molar-refractivity contribution < 1.29 is 19.8 Å². The number of aliphatic carboxylic acids is 1. The number of phenols is 1. The molecule has 1 unspecified atom stereocenters. The van der Waals surface area contributed by atoms with Crippen molar-refractivity contribution in [3.05, 3.63) is 28.2 Å². The topological polar surface area (TPSA) is 77.8 Å². The smallest absolute Gasteiger partial charge is 0.326 e. The van der Waals surface area contributed by atoms with Crippen LogP contribution in [0.2, 0.25) is 0 Å². The summed E-state index contributed by atoms with van der Waals surface area (Å²) in [7, 11) is 0. The first-order valence-corrected chi connectivity index (χ1v) is 7.80. The average Bonchev–Trinajstić information content (AvgIpc) is 2.80. The summed E-state index contributed by atoms with van der Waals surface area (Å²) in [5.41, 5.74) is 0.731. The zero-order valence-corrected chi connectivity index (χ0v) is 13.5. The summed E-state index contributed by atoms with van der Waals surface area (Å²) in [5, 5.41) is 18.9. The third-order valence-electron chi connectivity index (χ3n) is 3.56. The van der Waals surface area contributed by atoms with Crippen LogP contribution < -0.4 is 0 Å². The predicted octanol–water partition coefficient (Wildman–Crippen LogP) is 2.24. The molecule has 0 aromatic heterocycles. The Morgan fingerprint density at radius 2 is 2.24 bits per heavy atom. The summed E-state index contributed by atoms with van der Waals surface area (Å²) >= 11 is 8.95. The molecule has 1 fully saturated rings. The molecule has 1 aromatic carbocycles. The second-order valence-electron chi connectivity index (χ2n) is 5.11. The number of likely N-dealkylation sites (tertiary alicyclic amines) is 1. The summed E-state index contributed by atoms with van der Waals surface area (Å²) in [4.78, 5) is 24.8. The molecule has 0 spiro atoms. The van der Waals surface area contributed by atoms with Crippen LogP contribution in [0.25, 0.3) is 0 Å². The Labute approximate surface area is 135 Å². The molecule has 0 bridgehead atoms. The van der Waals surface area contributed by atoms with Crippen molar-refractivity contribution in [2.45, 2.75) is 18.9 Å². The van der Waals surface area contributed by atoms with E-state index in [1.54, 1.807) is 12.1 Å². The first-order chi connectivity index (χ1) is 9.92. The Bertz CT molecular complexity index is 566. The van der Waals surface area contributed by atoms with Gasteiger partial charge in [-0.25, -0.2) is 4.79 Å². The fraction of sp³-hybridized carbons (Fsp3) is 0.429. The summed E-state index contributed by atoms with van der Waals surface area (Å²) in [6, 6.07) is 3.88. The maximum atomic E-state index is 12.0. The number of carboxylic acids is 1. The van der Waals surface area contributed by atoms with Crippen LogP contribution >= 0.6 is 27.5 Å². The van der Waals surface area contributed by atoms with Crippen molar-refractivity contribution in [1.82, 2.24) is 4.90 Å². The zero-order valence-electron chi connectivity index (χ0n) is 11.1. The zero-order chi connectivity index (χ0) is 15.6. The Morgan fingerprint density at radius 1 is 1.52 bits per heavy atom. The molecular weight excluding hydrogens is 362 g/mol. The van der Waals surface area contributed by atoms with E-state index in [1.807, 2.05) is 0 Å². The summed E-state index contributed by atoms with van der Waals surface area (Å²) in [6.07, 6.45) is 0.488. The van der Waals surface area contributed by atoms with Gasteiger partial charge in [0.15, 0.2) is 0 Å². The van der Waals surface area contributed by atoms with E-state index in [0.717, 1.165) is 5.56 Å². The van der Waals surface area contributed by atoms with E-state index in [4.69, 9.17) is 11.6 Å². The van der Waals surface area contributed by atoms with E-state index < -0.39 is 12.0 Å². The standard InChI is InChI=1S/C14H15BrClNO4/c15-10-3-8(1-2-12(10)18)4-11(14(20)21)17-7-9(6-16)5-13(17)19/h1-3,9,11,18H,4-7H2,(H,20,21)/t9?,11-/m0/s1. The Balaban J connectivity index is 2.18. The number of halogens is 2. The van der Waals surface area contributed by atoms with Crippen LogP contribution in [0, 0.1) is 5.92 Å². The van der Waals surface area contributed by atoms with Crippen LogP contribution in [0.15, 0.2) is 22.7 Å². The number of alkyl halides is 1. The van der Waals surface area contributed by atoms with Crippen molar-refractivity contribution in [2.75, 3.05) is 12.4 Å². The Morgan fingerprint density at radius 3 is 2.76 bits per heavy atom. The number of hydrogen-bond donors (Lipinski definition) is 2. The van der Waals surface area contributed by atoms with E-state index in [0.29, 0.717) is 23.3 Å². The molecule has 1 amide bonds. The number of phenolic OH excluding ortho intramolecular Hbond substituents is 1. The molecule has 1 aliphatic rings. The molecule has 1 aliphatic heterocycles. The minimum absolute atomic E-state index is 0.00701. The van der Waals surface area contributed by atoms with Gasteiger partial charge in [-0.3, -0.25) is 4.79 Å². The number of nitrogens with zero attached hydrogens (tertiary/aromatic N) is 1. The van der Waals surface area contributed by atoms with Crippen LogP contribution in [-0.2, 0) is 16.0 Å². The molecule has 2 atom stereocenters. The first kappa shape index (κ1) is 16.1. The van der Waals surface area contributed by atoms with Gasteiger partial charge in [-0.05, 0) is 39.5 Å². The minimum atomic E-state index is -1.04. The van der Waals surface area contributed by atoms with Crippen LogP contribution in [0.3, 0.4) is 0 Å². The largest absolute Gasteiger partial charge is 0.507 e. The molecule has 1 saturated heterocycles. The first-order valence-electron chi connectivity index (χ1n) is 6.48. The van der Waals surface area contributed by atoms with Crippen LogP contribution in [0.1, 0.15) is 12.0 Å². The molecule has 7 heteroatoms. The van der Waals surface area contributed by atoms with Crippen LogP contribution in [0.4, 0.5) is 0 Å². The normalized spacial score (nSPS) is 19.8. The van der Waals surface area contributed by atoms with Crippen molar-refractivity contribution >= 4 is 39.4 Å². The highest BCUT2D eigenvalue weighted by atomic mass is 79.9. The lowest BCUT2D eigenvalue weighted by Gasteiger charge is -2.24. The molecule has 0 saturated carbocycles. The van der Waals surface area contributed by atoms with Gasteiger partial charge in [0.05, 0.1) is 4.47 Å². The van der Waals surface area contributed by atoms with Gasteiger partial charge in [-0.2, -0.15) is 0 Å². The second kappa shape index (κ2) is 6.66. The number of hydrogen-bond acceptors (Lipinski definition) is 3. The molecule has 5 nitrogen and oxygen atoms in total. The van der Waals surface area contributed by atoms with Gasteiger partial charge in [0.25, 0.3) is 0 Å². The van der Waals surface area contributed by atoms with E-state index in [2.05, 4.69) is 15.9 Å². The maximum absolute atomic E-state index is 12.0. The lowest BCUT2D eigenvalue weighted by atomic mass is 10.0. The molecule has 2 N–H and O–H groups in total. The second-order valence-corrected chi connectivity index (χ2v) is 6.28. The third kappa shape index (κ3) is 3.68. The molecular formula is C14H15BrClNO4. The van der Waals surface area contributed by atoms with Crippen molar-refractivity contribution in [3.63, 3.8) is 0 Å².